The highest BCUT2D eigenvalue weighted by atomic mass is 35.5. The first kappa shape index (κ1) is 19.0. The number of fused-ring (bicyclic) bond motifs is 1. The van der Waals surface area contributed by atoms with Crippen LogP contribution in [0.2, 0.25) is 5.02 Å². The molecule has 0 aliphatic carbocycles. The van der Waals surface area contributed by atoms with Crippen molar-refractivity contribution in [1.82, 2.24) is 10.3 Å². The summed E-state index contributed by atoms with van der Waals surface area (Å²) in [6.45, 7) is 2.45. The van der Waals surface area contributed by atoms with Gasteiger partial charge in [-0.05, 0) is 35.2 Å². The van der Waals surface area contributed by atoms with Crippen LogP contribution in [0.1, 0.15) is 41.6 Å². The molecule has 140 valence electrons. The summed E-state index contributed by atoms with van der Waals surface area (Å²) in [5.41, 5.74) is 3.43. The highest BCUT2D eigenvalue weighted by Crippen LogP contribution is 2.23. The highest BCUT2D eigenvalue weighted by Gasteiger charge is 2.20. The molecular formula is C20H20ClN3O3. The lowest BCUT2D eigenvalue weighted by molar-refractivity contribution is -0.118. The van der Waals surface area contributed by atoms with E-state index in [4.69, 9.17) is 11.6 Å². The largest absolute Gasteiger partial charge is 0.453 e. The molecule has 1 aromatic carbocycles. The van der Waals surface area contributed by atoms with Crippen molar-refractivity contribution in [3.63, 3.8) is 0 Å². The van der Waals surface area contributed by atoms with Gasteiger partial charge in [0.15, 0.2) is 0 Å². The molecule has 1 amide bonds. The van der Waals surface area contributed by atoms with Gasteiger partial charge in [0.2, 0.25) is 0 Å². The molecule has 1 aliphatic heterocycles. The van der Waals surface area contributed by atoms with Crippen LogP contribution < -0.4 is 5.32 Å². The molecule has 0 saturated carbocycles. The molecule has 0 unspecified atom stereocenters. The van der Waals surface area contributed by atoms with Crippen LogP contribution in [0, 0.1) is 0 Å². The second-order valence-electron chi connectivity index (χ2n) is 6.49. The number of aliphatic imine (C=N–C) groups is 1. The van der Waals surface area contributed by atoms with Crippen molar-refractivity contribution in [2.24, 2.45) is 4.99 Å². The first-order valence-electron chi connectivity index (χ1n) is 8.61. The van der Waals surface area contributed by atoms with Gasteiger partial charge in [0.05, 0.1) is 13.7 Å². The smallest absolute Gasteiger partial charge is 0.412 e. The molecule has 1 N–H and O–H groups in total. The molecule has 6 nitrogen and oxygen atoms in total. The van der Waals surface area contributed by atoms with E-state index in [1.807, 2.05) is 37.3 Å². The Morgan fingerprint density at radius 1 is 1.33 bits per heavy atom. The normalized spacial score (nSPS) is 13.5. The minimum absolute atomic E-state index is 0.0878. The molecule has 0 spiro atoms. The van der Waals surface area contributed by atoms with E-state index in [0.29, 0.717) is 29.5 Å². The fraction of sp³-hybridized carbons (Fsp3) is 0.300. The van der Waals surface area contributed by atoms with Gasteiger partial charge < -0.3 is 4.74 Å². The number of hydrogen-bond donors (Lipinski definition) is 1. The van der Waals surface area contributed by atoms with E-state index < -0.39 is 6.09 Å². The average Bonchev–Trinajstić information content (AvgIpc) is 3.03. The van der Waals surface area contributed by atoms with Crippen LogP contribution in [-0.2, 0) is 22.5 Å². The lowest BCUT2D eigenvalue weighted by Crippen LogP contribution is -2.30. The molecular weight excluding hydrogens is 366 g/mol. The number of amidine groups is 1. The number of rotatable bonds is 5. The van der Waals surface area contributed by atoms with Crippen LogP contribution in [0.5, 0.6) is 0 Å². The molecule has 2 heterocycles. The van der Waals surface area contributed by atoms with Crippen molar-refractivity contribution in [1.29, 1.82) is 0 Å². The Balaban J connectivity index is 1.62. The number of nitrogens with one attached hydrogen (secondary N) is 1. The van der Waals surface area contributed by atoms with E-state index >= 15 is 0 Å². The van der Waals surface area contributed by atoms with Gasteiger partial charge in [-0.1, -0.05) is 30.7 Å². The van der Waals surface area contributed by atoms with Gasteiger partial charge in [-0.25, -0.2) is 4.79 Å². The molecule has 0 saturated heterocycles. The standard InChI is InChI=1S/C20H20ClN3O3/c1-12(13-4-3-5-15(21)7-13)6-17(25)9-16-8-14-10-23-19(18(14)11-22-16)24-20(26)27-2/h3-5,7-8,11-12H,6,9-10H2,1-2H3,(H,23,24,26)/t12-/m0/s1. The third kappa shape index (κ3) is 4.71. The Bertz CT molecular complexity index is 911. The number of Topliss-reactive ketones (excluding diaryl/α,β-unsaturated/α-hetero) is 1. The molecule has 3 rings (SSSR count). The maximum absolute atomic E-state index is 12.5. The number of alkyl carbamates (subject to hydrolysis) is 1. The van der Waals surface area contributed by atoms with Gasteiger partial charge in [-0.3, -0.25) is 20.1 Å². The first-order valence-corrected chi connectivity index (χ1v) is 8.99. The Kier molecular flexibility index (Phi) is 5.86. The average molecular weight is 386 g/mol. The number of halogens is 1. The number of benzene rings is 1. The lowest BCUT2D eigenvalue weighted by atomic mass is 9.94. The lowest BCUT2D eigenvalue weighted by Gasteiger charge is -2.12. The fourth-order valence-electron chi connectivity index (χ4n) is 3.04. The molecule has 27 heavy (non-hydrogen) atoms. The van der Waals surface area contributed by atoms with E-state index in [1.165, 1.54) is 7.11 Å². The number of ether oxygens (including phenoxy) is 1. The number of nitrogens with zero attached hydrogens (tertiary/aromatic N) is 2. The number of methoxy groups -OCH3 is 1. The summed E-state index contributed by atoms with van der Waals surface area (Å²) in [6.07, 6.45) is 1.75. The van der Waals surface area contributed by atoms with Crippen molar-refractivity contribution in [2.45, 2.75) is 32.2 Å². The second kappa shape index (κ2) is 8.31. The van der Waals surface area contributed by atoms with Crippen LogP contribution >= 0.6 is 11.6 Å². The zero-order chi connectivity index (χ0) is 19.4. The summed E-state index contributed by atoms with van der Waals surface area (Å²) in [6, 6.07) is 9.44. The van der Waals surface area contributed by atoms with Crippen LogP contribution in [0.15, 0.2) is 41.5 Å². The zero-order valence-corrected chi connectivity index (χ0v) is 15.9. The number of carbonyl (C=O) groups is 2. The van der Waals surface area contributed by atoms with Gasteiger partial charge in [0.25, 0.3) is 0 Å². The van der Waals surface area contributed by atoms with E-state index in [0.717, 1.165) is 16.7 Å². The Hall–Kier alpha value is -2.73. The minimum Gasteiger partial charge on any atom is -0.453 e. The van der Waals surface area contributed by atoms with Crippen molar-refractivity contribution >= 4 is 29.3 Å². The van der Waals surface area contributed by atoms with Gasteiger partial charge >= 0.3 is 6.09 Å². The summed E-state index contributed by atoms with van der Waals surface area (Å²) in [5, 5.41) is 3.23. The SMILES string of the molecule is COC(=O)NC1=NCc2cc(CC(=O)C[C@H](C)c3cccc(Cl)c3)ncc21. The number of ketones is 1. The molecule has 7 heteroatoms. The fourth-order valence-corrected chi connectivity index (χ4v) is 3.24. The predicted molar refractivity (Wildman–Crippen MR) is 103 cm³/mol. The summed E-state index contributed by atoms with van der Waals surface area (Å²) in [5.74, 6) is 0.642. The third-order valence-electron chi connectivity index (χ3n) is 4.44. The number of aromatic nitrogens is 1. The van der Waals surface area contributed by atoms with Gasteiger partial charge in [-0.2, -0.15) is 0 Å². The number of pyridine rings is 1. The second-order valence-corrected chi connectivity index (χ2v) is 6.93. The third-order valence-corrected chi connectivity index (χ3v) is 4.68. The van der Waals surface area contributed by atoms with Crippen molar-refractivity contribution in [2.75, 3.05) is 7.11 Å². The van der Waals surface area contributed by atoms with Gasteiger partial charge in [0.1, 0.15) is 11.6 Å². The molecule has 0 radical (unpaired) electrons. The molecule has 1 aliphatic rings. The van der Waals surface area contributed by atoms with Gasteiger partial charge in [-0.15, -0.1) is 0 Å². The van der Waals surface area contributed by atoms with E-state index in [1.54, 1.807) is 6.20 Å². The van der Waals surface area contributed by atoms with Crippen LogP contribution in [0.3, 0.4) is 0 Å². The van der Waals surface area contributed by atoms with Gasteiger partial charge in [0, 0.05) is 35.3 Å². The highest BCUT2D eigenvalue weighted by molar-refractivity contribution is 6.30. The Morgan fingerprint density at radius 2 is 2.15 bits per heavy atom. The Morgan fingerprint density at radius 3 is 2.89 bits per heavy atom. The Labute approximate surface area is 162 Å². The van der Waals surface area contributed by atoms with Crippen molar-refractivity contribution < 1.29 is 14.3 Å². The molecule has 1 atom stereocenters. The number of amides is 1. The predicted octanol–water partition coefficient (Wildman–Crippen LogP) is 3.66. The topological polar surface area (TPSA) is 80.6 Å². The van der Waals surface area contributed by atoms with Crippen LogP contribution in [-0.4, -0.2) is 29.8 Å². The van der Waals surface area contributed by atoms with Crippen molar-refractivity contribution in [3.05, 3.63) is 63.9 Å². The van der Waals surface area contributed by atoms with E-state index in [9.17, 15) is 9.59 Å². The van der Waals surface area contributed by atoms with E-state index in [2.05, 4.69) is 20.0 Å². The molecule has 1 aromatic heterocycles. The molecule has 0 bridgehead atoms. The minimum atomic E-state index is -0.573. The summed E-state index contributed by atoms with van der Waals surface area (Å²) in [7, 11) is 1.29. The maximum Gasteiger partial charge on any atom is 0.412 e. The van der Waals surface area contributed by atoms with E-state index in [-0.39, 0.29) is 18.1 Å². The molecule has 2 aromatic rings. The first-order chi connectivity index (χ1) is 13.0. The van der Waals surface area contributed by atoms with Crippen LogP contribution in [0.25, 0.3) is 0 Å². The van der Waals surface area contributed by atoms with Crippen molar-refractivity contribution in [3.8, 4) is 0 Å². The quantitative estimate of drug-likeness (QED) is 0.851. The number of carbonyl (C=O) groups excluding carboxylic acids is 2. The summed E-state index contributed by atoms with van der Waals surface area (Å²) < 4.78 is 4.58. The summed E-state index contributed by atoms with van der Waals surface area (Å²) in [4.78, 5) is 32.4. The number of hydrogen-bond acceptors (Lipinski definition) is 5. The monoisotopic (exact) mass is 385 g/mol. The van der Waals surface area contributed by atoms with Crippen LogP contribution in [0.4, 0.5) is 4.79 Å². The zero-order valence-electron chi connectivity index (χ0n) is 15.2. The molecule has 0 fully saturated rings. The summed E-state index contributed by atoms with van der Waals surface area (Å²) >= 11 is 6.02. The maximum atomic E-state index is 12.5.